The maximum Gasteiger partial charge on any atom is 0.167 e. The summed E-state index contributed by atoms with van der Waals surface area (Å²) in [5, 5.41) is 17.8. The molecule has 0 spiro atoms. The van der Waals surface area contributed by atoms with Gasteiger partial charge in [-0.2, -0.15) is 17.9 Å². The van der Waals surface area contributed by atoms with E-state index in [0.29, 0.717) is 36.1 Å². The predicted octanol–water partition coefficient (Wildman–Crippen LogP) is 3.49. The molecular weight excluding hydrogens is 360 g/mol. The molecule has 138 valence electrons. The highest BCUT2D eigenvalue weighted by Crippen LogP contribution is 2.34. The number of methoxy groups -OCH3 is 2. The molecule has 1 atom stereocenters. The fourth-order valence-corrected chi connectivity index (χ4v) is 3.34. The summed E-state index contributed by atoms with van der Waals surface area (Å²) < 4.78 is 12.7. The first-order chi connectivity index (χ1) is 13.2. The van der Waals surface area contributed by atoms with Gasteiger partial charge < -0.3 is 14.0 Å². The fraction of sp³-hybridized carbons (Fsp3) is 0.250. The van der Waals surface area contributed by atoms with Gasteiger partial charge in [-0.1, -0.05) is 30.3 Å². The van der Waals surface area contributed by atoms with Crippen molar-refractivity contribution in [1.82, 2.24) is 14.8 Å². The van der Waals surface area contributed by atoms with Crippen LogP contribution in [-0.4, -0.2) is 35.6 Å². The Labute approximate surface area is 163 Å². The standard InChI is InChI=1S/C20H20N4O2S/c1-25-12-11-24-19(16-9-5-6-10-17(16)26-2)22-23-20(24)18(27)15-8-4-3-7-14(15)13-21/h3-10,18,27H,11-12H2,1-2H3. The van der Waals surface area contributed by atoms with Gasteiger partial charge in [0.15, 0.2) is 11.6 Å². The number of rotatable bonds is 7. The molecular formula is C20H20N4O2S. The van der Waals surface area contributed by atoms with Crippen LogP contribution in [0.15, 0.2) is 48.5 Å². The summed E-state index contributed by atoms with van der Waals surface area (Å²) in [6.45, 7) is 1.05. The quantitative estimate of drug-likeness (QED) is 0.635. The average molecular weight is 380 g/mol. The van der Waals surface area contributed by atoms with Gasteiger partial charge in [0.1, 0.15) is 5.75 Å². The van der Waals surface area contributed by atoms with Gasteiger partial charge in [0.25, 0.3) is 0 Å². The maximum absolute atomic E-state index is 9.41. The Balaban J connectivity index is 2.11. The smallest absolute Gasteiger partial charge is 0.167 e. The highest BCUT2D eigenvalue weighted by atomic mass is 32.1. The summed E-state index contributed by atoms with van der Waals surface area (Å²) in [7, 11) is 3.27. The summed E-state index contributed by atoms with van der Waals surface area (Å²) in [4.78, 5) is 0. The third kappa shape index (κ3) is 3.82. The van der Waals surface area contributed by atoms with Crippen molar-refractivity contribution in [2.45, 2.75) is 11.8 Å². The monoisotopic (exact) mass is 380 g/mol. The minimum atomic E-state index is -0.395. The molecule has 0 saturated carbocycles. The van der Waals surface area contributed by atoms with Crippen molar-refractivity contribution in [1.29, 1.82) is 5.26 Å². The van der Waals surface area contributed by atoms with Crippen molar-refractivity contribution >= 4 is 12.6 Å². The summed E-state index contributed by atoms with van der Waals surface area (Å²) in [6, 6.07) is 17.2. The van der Waals surface area contributed by atoms with E-state index in [4.69, 9.17) is 22.1 Å². The first-order valence-electron chi connectivity index (χ1n) is 8.43. The number of nitrogens with zero attached hydrogens (tertiary/aromatic N) is 4. The maximum atomic E-state index is 9.41. The molecule has 3 rings (SSSR count). The van der Waals surface area contributed by atoms with Gasteiger partial charge in [0.2, 0.25) is 0 Å². The van der Waals surface area contributed by atoms with Crippen molar-refractivity contribution in [3.63, 3.8) is 0 Å². The second-order valence-corrected chi connectivity index (χ2v) is 6.34. The van der Waals surface area contributed by atoms with E-state index in [9.17, 15) is 5.26 Å². The molecule has 0 saturated heterocycles. The Morgan fingerprint density at radius 3 is 2.59 bits per heavy atom. The van der Waals surface area contributed by atoms with E-state index in [1.54, 1.807) is 20.3 Å². The summed E-state index contributed by atoms with van der Waals surface area (Å²) in [5.41, 5.74) is 2.20. The number of thiol groups is 1. The van der Waals surface area contributed by atoms with Gasteiger partial charge in [0.05, 0.1) is 36.2 Å². The lowest BCUT2D eigenvalue weighted by molar-refractivity contribution is 0.186. The number of hydrogen-bond acceptors (Lipinski definition) is 6. The number of benzene rings is 2. The molecule has 0 aliphatic carbocycles. The molecule has 0 fully saturated rings. The molecule has 1 heterocycles. The van der Waals surface area contributed by atoms with Crippen LogP contribution in [0.4, 0.5) is 0 Å². The van der Waals surface area contributed by atoms with Gasteiger partial charge in [-0.05, 0) is 23.8 Å². The van der Waals surface area contributed by atoms with Crippen LogP contribution in [0.3, 0.4) is 0 Å². The van der Waals surface area contributed by atoms with E-state index in [0.717, 1.165) is 11.1 Å². The Morgan fingerprint density at radius 2 is 1.85 bits per heavy atom. The van der Waals surface area contributed by atoms with Gasteiger partial charge in [0, 0.05) is 13.7 Å². The SMILES string of the molecule is COCCn1c(-c2ccccc2OC)nnc1C(S)c1ccccc1C#N. The topological polar surface area (TPSA) is 73.0 Å². The van der Waals surface area contributed by atoms with Crippen LogP contribution in [-0.2, 0) is 11.3 Å². The molecule has 2 aromatic carbocycles. The normalized spacial score (nSPS) is 11.8. The van der Waals surface area contributed by atoms with Crippen molar-refractivity contribution in [3.05, 3.63) is 65.5 Å². The summed E-state index contributed by atoms with van der Waals surface area (Å²) >= 11 is 4.75. The molecule has 7 heteroatoms. The zero-order valence-corrected chi connectivity index (χ0v) is 16.1. The average Bonchev–Trinajstić information content (AvgIpc) is 3.15. The second kappa shape index (κ2) is 8.71. The Kier molecular flexibility index (Phi) is 6.12. The van der Waals surface area contributed by atoms with Crippen LogP contribution < -0.4 is 4.74 Å². The number of aromatic nitrogens is 3. The lowest BCUT2D eigenvalue weighted by atomic mass is 10.0. The molecule has 6 nitrogen and oxygen atoms in total. The van der Waals surface area contributed by atoms with E-state index in [1.807, 2.05) is 47.0 Å². The lowest BCUT2D eigenvalue weighted by Gasteiger charge is -2.16. The predicted molar refractivity (Wildman–Crippen MR) is 106 cm³/mol. The van der Waals surface area contributed by atoms with E-state index in [2.05, 4.69) is 16.3 Å². The molecule has 0 aliphatic rings. The minimum Gasteiger partial charge on any atom is -0.496 e. The fourth-order valence-electron chi connectivity index (χ4n) is 2.93. The lowest BCUT2D eigenvalue weighted by Crippen LogP contribution is -2.12. The second-order valence-electron chi connectivity index (χ2n) is 5.83. The highest BCUT2D eigenvalue weighted by molar-refractivity contribution is 7.80. The van der Waals surface area contributed by atoms with Gasteiger partial charge in [-0.15, -0.1) is 10.2 Å². The third-order valence-electron chi connectivity index (χ3n) is 4.27. The van der Waals surface area contributed by atoms with Crippen LogP contribution in [0.2, 0.25) is 0 Å². The molecule has 0 amide bonds. The number of nitriles is 1. The van der Waals surface area contributed by atoms with Crippen LogP contribution >= 0.6 is 12.6 Å². The Morgan fingerprint density at radius 1 is 1.11 bits per heavy atom. The number of ether oxygens (including phenoxy) is 2. The number of para-hydroxylation sites is 1. The Hall–Kier alpha value is -2.82. The molecule has 27 heavy (non-hydrogen) atoms. The molecule has 0 bridgehead atoms. The zero-order chi connectivity index (χ0) is 19.2. The van der Waals surface area contributed by atoms with E-state index in [-0.39, 0.29) is 0 Å². The third-order valence-corrected chi connectivity index (χ3v) is 4.78. The van der Waals surface area contributed by atoms with Crippen LogP contribution in [0.25, 0.3) is 11.4 Å². The highest BCUT2D eigenvalue weighted by Gasteiger charge is 2.23. The van der Waals surface area contributed by atoms with Gasteiger partial charge >= 0.3 is 0 Å². The van der Waals surface area contributed by atoms with Crippen molar-refractivity contribution in [2.75, 3.05) is 20.8 Å². The first-order valence-corrected chi connectivity index (χ1v) is 8.95. The van der Waals surface area contributed by atoms with E-state index in [1.165, 1.54) is 0 Å². The zero-order valence-electron chi connectivity index (χ0n) is 15.2. The molecule has 1 unspecified atom stereocenters. The summed E-state index contributed by atoms with van der Waals surface area (Å²) in [6.07, 6.45) is 0. The van der Waals surface area contributed by atoms with E-state index < -0.39 is 5.25 Å². The van der Waals surface area contributed by atoms with Crippen LogP contribution in [0.5, 0.6) is 5.75 Å². The largest absolute Gasteiger partial charge is 0.496 e. The van der Waals surface area contributed by atoms with Crippen LogP contribution in [0.1, 0.15) is 22.2 Å². The van der Waals surface area contributed by atoms with Gasteiger partial charge in [-0.3, -0.25) is 0 Å². The van der Waals surface area contributed by atoms with E-state index >= 15 is 0 Å². The van der Waals surface area contributed by atoms with Gasteiger partial charge in [-0.25, -0.2) is 0 Å². The molecule has 3 aromatic rings. The van der Waals surface area contributed by atoms with Crippen molar-refractivity contribution in [2.24, 2.45) is 0 Å². The molecule has 0 N–H and O–H groups in total. The minimum absolute atomic E-state index is 0.395. The molecule has 0 radical (unpaired) electrons. The van der Waals surface area contributed by atoms with Crippen molar-refractivity contribution in [3.8, 4) is 23.2 Å². The molecule has 1 aromatic heterocycles. The Bertz CT molecular complexity index is 965. The van der Waals surface area contributed by atoms with Crippen molar-refractivity contribution < 1.29 is 9.47 Å². The number of hydrogen-bond donors (Lipinski definition) is 1. The molecule has 0 aliphatic heterocycles. The first kappa shape index (κ1) is 19.0. The summed E-state index contributed by atoms with van der Waals surface area (Å²) in [5.74, 6) is 2.04. The van der Waals surface area contributed by atoms with Crippen LogP contribution in [0, 0.1) is 11.3 Å².